The molecule has 1 heterocycles. The average Bonchev–Trinajstić information content (AvgIpc) is 2.56. The highest BCUT2D eigenvalue weighted by molar-refractivity contribution is 6.46. The van der Waals surface area contributed by atoms with E-state index in [4.69, 9.17) is 0 Å². The number of urea groups is 1. The molecule has 16 heavy (non-hydrogen) atoms. The monoisotopic (exact) mass is 216 g/mol. The van der Waals surface area contributed by atoms with Gasteiger partial charge in [0.2, 0.25) is 0 Å². The quantitative estimate of drug-likeness (QED) is 0.771. The van der Waals surface area contributed by atoms with Crippen LogP contribution in [0, 0.1) is 0 Å². The molecule has 0 bridgehead atoms. The van der Waals surface area contributed by atoms with Crippen LogP contribution in [0.1, 0.15) is 12.0 Å². The molecule has 82 valence electrons. The molecule has 0 spiro atoms. The first-order chi connectivity index (χ1) is 7.68. The van der Waals surface area contributed by atoms with E-state index in [2.05, 4.69) is 4.99 Å². The summed E-state index contributed by atoms with van der Waals surface area (Å²) >= 11 is 0. The van der Waals surface area contributed by atoms with Crippen LogP contribution in [0.5, 0.6) is 0 Å². The van der Waals surface area contributed by atoms with E-state index in [0.717, 1.165) is 16.9 Å². The molecule has 0 atom stereocenters. The SMILES string of the molecule is CN1C(=O)N=C(CCc2ccccc2)C1=O. The summed E-state index contributed by atoms with van der Waals surface area (Å²) in [6.45, 7) is 0. The van der Waals surface area contributed by atoms with Crippen molar-refractivity contribution in [3.8, 4) is 0 Å². The van der Waals surface area contributed by atoms with Crippen LogP contribution in [0.25, 0.3) is 0 Å². The van der Waals surface area contributed by atoms with Gasteiger partial charge in [-0.2, -0.15) is 4.99 Å². The molecular formula is C12H12N2O2. The Morgan fingerprint density at radius 2 is 1.81 bits per heavy atom. The van der Waals surface area contributed by atoms with Crippen LogP contribution < -0.4 is 0 Å². The predicted octanol–water partition coefficient (Wildman–Crippen LogP) is 1.65. The van der Waals surface area contributed by atoms with Gasteiger partial charge in [-0.1, -0.05) is 30.3 Å². The summed E-state index contributed by atoms with van der Waals surface area (Å²) in [6.07, 6.45) is 1.24. The Bertz CT molecular complexity index is 451. The molecule has 3 amide bonds. The number of rotatable bonds is 3. The van der Waals surface area contributed by atoms with E-state index in [9.17, 15) is 9.59 Å². The Balaban J connectivity index is 2.00. The molecule has 1 aliphatic heterocycles. The van der Waals surface area contributed by atoms with E-state index in [1.807, 2.05) is 30.3 Å². The number of hydrogen-bond donors (Lipinski definition) is 0. The number of amides is 3. The van der Waals surface area contributed by atoms with Gasteiger partial charge in [-0.25, -0.2) is 4.79 Å². The number of aliphatic imine (C=N–C) groups is 1. The lowest BCUT2D eigenvalue weighted by Gasteiger charge is -2.03. The lowest BCUT2D eigenvalue weighted by Crippen LogP contribution is -2.28. The molecule has 1 aromatic rings. The fourth-order valence-electron chi connectivity index (χ4n) is 1.59. The Labute approximate surface area is 93.6 Å². The van der Waals surface area contributed by atoms with E-state index >= 15 is 0 Å². The zero-order valence-corrected chi connectivity index (χ0v) is 9.01. The van der Waals surface area contributed by atoms with Gasteiger partial charge in [-0.3, -0.25) is 9.69 Å². The molecule has 4 heteroatoms. The van der Waals surface area contributed by atoms with Crippen LogP contribution in [-0.2, 0) is 11.2 Å². The van der Waals surface area contributed by atoms with Crippen LogP contribution in [0.4, 0.5) is 4.79 Å². The normalized spacial score (nSPS) is 15.6. The van der Waals surface area contributed by atoms with Crippen molar-refractivity contribution >= 4 is 17.6 Å². The lowest BCUT2D eigenvalue weighted by atomic mass is 10.1. The van der Waals surface area contributed by atoms with Crippen molar-refractivity contribution in [3.05, 3.63) is 35.9 Å². The molecule has 0 saturated heterocycles. The first-order valence-corrected chi connectivity index (χ1v) is 5.12. The first kappa shape index (κ1) is 10.5. The largest absolute Gasteiger partial charge is 0.350 e. The second-order valence-corrected chi connectivity index (χ2v) is 3.69. The maximum absolute atomic E-state index is 11.5. The third-order valence-electron chi connectivity index (χ3n) is 2.56. The van der Waals surface area contributed by atoms with Gasteiger partial charge >= 0.3 is 6.03 Å². The maximum Gasteiger partial charge on any atom is 0.350 e. The fraction of sp³-hybridized carbons (Fsp3) is 0.250. The molecule has 0 N–H and O–H groups in total. The molecule has 0 radical (unpaired) electrons. The molecule has 0 saturated carbocycles. The summed E-state index contributed by atoms with van der Waals surface area (Å²) in [7, 11) is 1.45. The highest BCUT2D eigenvalue weighted by Crippen LogP contribution is 2.10. The summed E-state index contributed by atoms with van der Waals surface area (Å²) in [4.78, 5) is 27.4. The van der Waals surface area contributed by atoms with Crippen LogP contribution in [0.2, 0.25) is 0 Å². The predicted molar refractivity (Wildman–Crippen MR) is 60.4 cm³/mol. The molecule has 0 aliphatic carbocycles. The standard InChI is InChI=1S/C12H12N2O2/c1-14-11(15)10(13-12(14)16)8-7-9-5-3-2-4-6-9/h2-6H,7-8H2,1H3. The van der Waals surface area contributed by atoms with E-state index in [1.54, 1.807) is 0 Å². The van der Waals surface area contributed by atoms with Crippen molar-refractivity contribution in [2.45, 2.75) is 12.8 Å². The fourth-order valence-corrected chi connectivity index (χ4v) is 1.59. The number of nitrogens with zero attached hydrogens (tertiary/aromatic N) is 2. The summed E-state index contributed by atoms with van der Waals surface area (Å²) in [5, 5.41) is 0. The van der Waals surface area contributed by atoms with E-state index in [1.165, 1.54) is 7.05 Å². The van der Waals surface area contributed by atoms with E-state index in [-0.39, 0.29) is 5.91 Å². The number of carbonyl (C=O) groups is 2. The molecule has 0 fully saturated rings. The van der Waals surface area contributed by atoms with Crippen molar-refractivity contribution in [3.63, 3.8) is 0 Å². The minimum absolute atomic E-state index is 0.277. The van der Waals surface area contributed by atoms with Gasteiger partial charge in [-0.15, -0.1) is 0 Å². The molecule has 2 rings (SSSR count). The van der Waals surface area contributed by atoms with Gasteiger partial charge < -0.3 is 0 Å². The third kappa shape index (κ3) is 2.00. The second kappa shape index (κ2) is 4.26. The Morgan fingerprint density at radius 3 is 2.38 bits per heavy atom. The summed E-state index contributed by atoms with van der Waals surface area (Å²) in [5.41, 5.74) is 1.50. The maximum atomic E-state index is 11.5. The molecular weight excluding hydrogens is 204 g/mol. The van der Waals surface area contributed by atoms with Crippen molar-refractivity contribution in [2.24, 2.45) is 4.99 Å². The van der Waals surface area contributed by atoms with Crippen molar-refractivity contribution in [2.75, 3.05) is 7.05 Å². The van der Waals surface area contributed by atoms with Crippen molar-refractivity contribution in [1.29, 1.82) is 0 Å². The van der Waals surface area contributed by atoms with Crippen LogP contribution in [0.15, 0.2) is 35.3 Å². The Morgan fingerprint density at radius 1 is 1.12 bits per heavy atom. The zero-order valence-electron chi connectivity index (χ0n) is 9.01. The van der Waals surface area contributed by atoms with Crippen LogP contribution in [-0.4, -0.2) is 29.6 Å². The van der Waals surface area contributed by atoms with Crippen molar-refractivity contribution in [1.82, 2.24) is 4.90 Å². The highest BCUT2D eigenvalue weighted by atomic mass is 16.2. The summed E-state index contributed by atoms with van der Waals surface area (Å²) in [5.74, 6) is -0.277. The molecule has 4 nitrogen and oxygen atoms in total. The van der Waals surface area contributed by atoms with Gasteiger partial charge in [0, 0.05) is 7.05 Å². The lowest BCUT2D eigenvalue weighted by molar-refractivity contribution is -0.119. The topological polar surface area (TPSA) is 49.7 Å². The zero-order chi connectivity index (χ0) is 11.5. The number of benzene rings is 1. The molecule has 0 aromatic heterocycles. The first-order valence-electron chi connectivity index (χ1n) is 5.12. The number of carbonyl (C=O) groups excluding carboxylic acids is 2. The number of hydrogen-bond acceptors (Lipinski definition) is 2. The van der Waals surface area contributed by atoms with Gasteiger partial charge in [0.05, 0.1) is 0 Å². The Kier molecular flexibility index (Phi) is 2.81. The van der Waals surface area contributed by atoms with E-state index in [0.29, 0.717) is 12.1 Å². The van der Waals surface area contributed by atoms with Gasteiger partial charge in [0.15, 0.2) is 0 Å². The van der Waals surface area contributed by atoms with Gasteiger partial charge in [0.1, 0.15) is 5.71 Å². The Hall–Kier alpha value is -1.97. The number of imide groups is 1. The minimum atomic E-state index is -0.465. The van der Waals surface area contributed by atoms with Gasteiger partial charge in [0.25, 0.3) is 5.91 Å². The summed E-state index contributed by atoms with van der Waals surface area (Å²) < 4.78 is 0. The molecule has 0 unspecified atom stereocenters. The van der Waals surface area contributed by atoms with Crippen molar-refractivity contribution < 1.29 is 9.59 Å². The molecule has 1 aliphatic rings. The van der Waals surface area contributed by atoms with Crippen LogP contribution in [0.3, 0.4) is 0 Å². The van der Waals surface area contributed by atoms with E-state index < -0.39 is 6.03 Å². The second-order valence-electron chi connectivity index (χ2n) is 3.69. The van der Waals surface area contributed by atoms with Gasteiger partial charge in [-0.05, 0) is 18.4 Å². The average molecular weight is 216 g/mol. The summed E-state index contributed by atoms with van der Waals surface area (Å²) in [6, 6.07) is 9.36. The third-order valence-corrected chi connectivity index (χ3v) is 2.56. The van der Waals surface area contributed by atoms with Crippen LogP contribution >= 0.6 is 0 Å². The number of aryl methyl sites for hydroxylation is 1. The smallest absolute Gasteiger partial charge is 0.267 e. The highest BCUT2D eigenvalue weighted by Gasteiger charge is 2.28. The molecule has 1 aromatic carbocycles. The minimum Gasteiger partial charge on any atom is -0.267 e.